The molecule has 5 rings (SSSR count). The van der Waals surface area contributed by atoms with E-state index in [0.29, 0.717) is 43.0 Å². The molecule has 6 nitrogen and oxygen atoms in total. The number of aromatic nitrogens is 1. The molecule has 0 saturated heterocycles. The Morgan fingerprint density at radius 3 is 2.43 bits per heavy atom. The first kappa shape index (κ1) is 31.2. The van der Waals surface area contributed by atoms with Crippen molar-refractivity contribution >= 4 is 91.8 Å². The molecule has 2 heterocycles. The number of fused-ring (bicyclic) bond motifs is 1. The summed E-state index contributed by atoms with van der Waals surface area (Å²) in [7, 11) is 0. The number of nitrogens with zero attached hydrogens (tertiary/aromatic N) is 2. The largest absolute Gasteiger partial charge is 0.487 e. The molecule has 0 fully saturated rings. The highest BCUT2D eigenvalue weighted by Crippen LogP contribution is 2.32. The highest BCUT2D eigenvalue weighted by molar-refractivity contribution is 14.1. The van der Waals surface area contributed by atoms with Crippen molar-refractivity contribution in [3.63, 3.8) is 0 Å². The van der Waals surface area contributed by atoms with Crippen LogP contribution in [0.1, 0.15) is 36.6 Å². The second kappa shape index (κ2) is 13.2. The summed E-state index contributed by atoms with van der Waals surface area (Å²) in [6, 6.07) is 14.2. The molecule has 0 radical (unpaired) electrons. The molecule has 1 aliphatic rings. The predicted molar refractivity (Wildman–Crippen MR) is 179 cm³/mol. The zero-order valence-electron chi connectivity index (χ0n) is 22.1. The average molecular weight is 849 g/mol. The minimum Gasteiger partial charge on any atom is -0.487 e. The fourth-order valence-corrected chi connectivity index (χ4v) is 7.98. The molecular formula is C30H21Cl2FI2N2O4S. The van der Waals surface area contributed by atoms with E-state index in [1.54, 1.807) is 44.2 Å². The lowest BCUT2D eigenvalue weighted by Crippen LogP contribution is -2.39. The maximum atomic E-state index is 13.8. The van der Waals surface area contributed by atoms with Crippen LogP contribution >= 0.6 is 79.7 Å². The van der Waals surface area contributed by atoms with Gasteiger partial charge in [0, 0.05) is 0 Å². The smallest absolute Gasteiger partial charge is 0.338 e. The van der Waals surface area contributed by atoms with Gasteiger partial charge < -0.3 is 9.47 Å². The van der Waals surface area contributed by atoms with Gasteiger partial charge in [0.1, 0.15) is 18.2 Å². The van der Waals surface area contributed by atoms with Crippen LogP contribution in [0.25, 0.3) is 6.08 Å². The van der Waals surface area contributed by atoms with Crippen molar-refractivity contribution in [2.45, 2.75) is 26.5 Å². The van der Waals surface area contributed by atoms with E-state index in [9.17, 15) is 14.0 Å². The maximum Gasteiger partial charge on any atom is 0.338 e. The zero-order chi connectivity index (χ0) is 30.1. The number of thiazole rings is 1. The van der Waals surface area contributed by atoms with Crippen molar-refractivity contribution in [3.8, 4) is 5.75 Å². The van der Waals surface area contributed by atoms with Crippen LogP contribution in [0, 0.1) is 13.0 Å². The second-order valence-electron chi connectivity index (χ2n) is 9.20. The molecule has 0 N–H and O–H groups in total. The SMILES string of the molecule is CCOC(=O)C1=C(C)N=c2s/c(=C/c3cc(I)c(OCc4ccc(Cl)c(Cl)c4)c(I)c3)c(=O)n2C1c1ccc(F)cc1. The summed E-state index contributed by atoms with van der Waals surface area (Å²) in [5, 5.41) is 0.945. The molecule has 0 saturated carbocycles. The number of esters is 1. The van der Waals surface area contributed by atoms with E-state index in [0.717, 1.165) is 18.3 Å². The summed E-state index contributed by atoms with van der Waals surface area (Å²) >= 11 is 17.8. The lowest BCUT2D eigenvalue weighted by atomic mass is 9.96. The standard InChI is InChI=1S/C30H21Cl2FI2N2O4S/c1-3-40-29(39)25-15(2)36-30-37(26(25)18-5-7-19(33)8-6-18)28(38)24(42-30)13-17-11-22(34)27(23(35)12-17)41-14-16-4-9-20(31)21(32)10-16/h4-13,26H,3,14H2,1-2H3/b24-13+. The van der Waals surface area contributed by atoms with Crippen LogP contribution in [-0.4, -0.2) is 17.1 Å². The van der Waals surface area contributed by atoms with Crippen molar-refractivity contribution < 1.29 is 18.7 Å². The monoisotopic (exact) mass is 848 g/mol. The number of carbonyl (C=O) groups is 1. The van der Waals surface area contributed by atoms with E-state index in [4.69, 9.17) is 32.7 Å². The number of halogens is 5. The number of carbonyl (C=O) groups excluding carboxylic acids is 1. The van der Waals surface area contributed by atoms with Gasteiger partial charge in [-0.1, -0.05) is 52.7 Å². The molecule has 0 spiro atoms. The molecule has 4 aromatic rings. The van der Waals surface area contributed by atoms with Gasteiger partial charge in [-0.3, -0.25) is 9.36 Å². The first-order chi connectivity index (χ1) is 20.1. The molecule has 42 heavy (non-hydrogen) atoms. The number of ether oxygens (including phenoxy) is 2. The van der Waals surface area contributed by atoms with E-state index >= 15 is 0 Å². The van der Waals surface area contributed by atoms with Gasteiger partial charge in [0.2, 0.25) is 0 Å². The lowest BCUT2D eigenvalue weighted by Gasteiger charge is -2.24. The van der Waals surface area contributed by atoms with Crippen LogP contribution in [0.3, 0.4) is 0 Å². The molecular weight excluding hydrogens is 828 g/mol. The van der Waals surface area contributed by atoms with E-state index in [2.05, 4.69) is 50.2 Å². The molecule has 3 aromatic carbocycles. The van der Waals surface area contributed by atoms with E-state index in [1.165, 1.54) is 28.0 Å². The Bertz CT molecular complexity index is 1900. The Morgan fingerprint density at radius 2 is 1.79 bits per heavy atom. The third-order valence-electron chi connectivity index (χ3n) is 6.39. The minimum atomic E-state index is -0.805. The highest BCUT2D eigenvalue weighted by Gasteiger charge is 2.33. The fraction of sp³-hybridized carbons (Fsp3) is 0.167. The molecule has 0 aliphatic carbocycles. The van der Waals surface area contributed by atoms with Gasteiger partial charge in [0.05, 0.1) is 45.6 Å². The Morgan fingerprint density at radius 1 is 1.10 bits per heavy atom. The van der Waals surface area contributed by atoms with E-state index in [-0.39, 0.29) is 17.7 Å². The minimum absolute atomic E-state index is 0.167. The first-order valence-corrected chi connectivity index (χ1v) is 16.3. The Hall–Kier alpha value is -2.26. The first-order valence-electron chi connectivity index (χ1n) is 12.6. The molecule has 216 valence electrons. The summed E-state index contributed by atoms with van der Waals surface area (Å²) in [4.78, 5) is 31.9. The number of allylic oxidation sites excluding steroid dienone is 1. The molecule has 1 aromatic heterocycles. The van der Waals surface area contributed by atoms with Gasteiger partial charge in [-0.2, -0.15) is 0 Å². The zero-order valence-corrected chi connectivity index (χ0v) is 28.7. The van der Waals surface area contributed by atoms with Crippen molar-refractivity contribution in [1.82, 2.24) is 4.57 Å². The van der Waals surface area contributed by atoms with Gasteiger partial charge in [0.15, 0.2) is 4.80 Å². The van der Waals surface area contributed by atoms with Gasteiger partial charge >= 0.3 is 5.97 Å². The van der Waals surface area contributed by atoms with Crippen molar-refractivity contribution in [2.24, 2.45) is 4.99 Å². The average Bonchev–Trinajstić information content (AvgIpc) is 3.24. The molecule has 1 atom stereocenters. The normalized spacial score (nSPS) is 14.9. The topological polar surface area (TPSA) is 69.9 Å². The quantitative estimate of drug-likeness (QED) is 0.148. The molecule has 12 heteroatoms. The summed E-state index contributed by atoms with van der Waals surface area (Å²) in [5.74, 6) is -0.270. The molecule has 1 aliphatic heterocycles. The maximum absolute atomic E-state index is 13.8. The summed E-state index contributed by atoms with van der Waals surface area (Å²) in [5.41, 5.74) is 2.64. The highest BCUT2D eigenvalue weighted by atomic mass is 127. The third kappa shape index (κ3) is 6.47. The van der Waals surface area contributed by atoms with Crippen molar-refractivity contribution in [2.75, 3.05) is 6.61 Å². The Labute approximate surface area is 281 Å². The molecule has 0 amide bonds. The summed E-state index contributed by atoms with van der Waals surface area (Å²) < 4.78 is 28.8. The van der Waals surface area contributed by atoms with Crippen molar-refractivity contribution in [1.29, 1.82) is 0 Å². The third-order valence-corrected chi connectivity index (χ3v) is 9.71. The number of hydrogen-bond donors (Lipinski definition) is 0. The van der Waals surface area contributed by atoms with Gasteiger partial charge in [0.25, 0.3) is 5.56 Å². The lowest BCUT2D eigenvalue weighted by molar-refractivity contribution is -0.139. The fourth-order valence-electron chi connectivity index (χ4n) is 4.49. The van der Waals surface area contributed by atoms with Crippen LogP contribution in [-0.2, 0) is 16.1 Å². The van der Waals surface area contributed by atoms with Crippen LogP contribution in [0.5, 0.6) is 5.75 Å². The Balaban J connectivity index is 1.54. The summed E-state index contributed by atoms with van der Waals surface area (Å²) in [6.45, 7) is 3.90. The number of rotatable bonds is 7. The number of hydrogen-bond acceptors (Lipinski definition) is 6. The molecule has 1 unspecified atom stereocenters. The van der Waals surface area contributed by atoms with Crippen molar-refractivity contribution in [3.05, 3.63) is 125 Å². The second-order valence-corrected chi connectivity index (χ2v) is 13.4. The predicted octanol–water partition coefficient (Wildman–Crippen LogP) is 7.03. The van der Waals surface area contributed by atoms with Crippen LogP contribution in [0.2, 0.25) is 10.0 Å². The van der Waals surface area contributed by atoms with E-state index in [1.807, 2.05) is 18.2 Å². The van der Waals surface area contributed by atoms with Gasteiger partial charge in [-0.25, -0.2) is 14.2 Å². The molecule has 0 bridgehead atoms. The van der Waals surface area contributed by atoms with Crippen LogP contribution in [0.4, 0.5) is 4.39 Å². The van der Waals surface area contributed by atoms with Gasteiger partial charge in [-0.05, 0) is 118 Å². The van der Waals surface area contributed by atoms with E-state index < -0.39 is 17.8 Å². The van der Waals surface area contributed by atoms with Crippen LogP contribution < -0.4 is 19.6 Å². The summed E-state index contributed by atoms with van der Waals surface area (Å²) in [6.07, 6.45) is 1.79. The number of benzene rings is 3. The van der Waals surface area contributed by atoms with Gasteiger partial charge in [-0.15, -0.1) is 0 Å². The Kier molecular flexibility index (Phi) is 9.77. The van der Waals surface area contributed by atoms with Crippen LogP contribution in [0.15, 0.2) is 75.7 Å².